The molecular weight excluding hydrogens is 368 g/mol. The minimum absolute atomic E-state index is 0.207. The Kier molecular flexibility index (Phi) is 5.59. The lowest BCUT2D eigenvalue weighted by Crippen LogP contribution is -2.25. The highest BCUT2D eigenvalue weighted by molar-refractivity contribution is 7.21. The first-order chi connectivity index (χ1) is 12.5. The van der Waals surface area contributed by atoms with Crippen LogP contribution >= 0.6 is 22.9 Å². The monoisotopic (exact) mass is 386 g/mol. The molecule has 0 aliphatic heterocycles. The standard InChI is InChI=1S/C20H19ClN2O2S/c1-3-11-22-19(24)13-8-4-5-9-14(13)23-20(25)18-17(21)16-12(2)7-6-10-15(16)26-18/h4-10H,3,11H2,1-2H3,(H,22,24)(H,23,25). The summed E-state index contributed by atoms with van der Waals surface area (Å²) in [5.41, 5.74) is 1.93. The molecule has 0 atom stereocenters. The van der Waals surface area contributed by atoms with Gasteiger partial charge >= 0.3 is 0 Å². The summed E-state index contributed by atoms with van der Waals surface area (Å²) in [6.45, 7) is 4.54. The highest BCUT2D eigenvalue weighted by Gasteiger charge is 2.20. The summed E-state index contributed by atoms with van der Waals surface area (Å²) in [6, 6.07) is 12.8. The third kappa shape index (κ3) is 3.59. The van der Waals surface area contributed by atoms with Gasteiger partial charge in [-0.15, -0.1) is 11.3 Å². The minimum atomic E-state index is -0.314. The molecule has 2 amide bonds. The van der Waals surface area contributed by atoms with E-state index in [1.807, 2.05) is 32.0 Å². The lowest BCUT2D eigenvalue weighted by molar-refractivity contribution is 0.0954. The predicted octanol–water partition coefficient (Wildman–Crippen LogP) is 5.26. The van der Waals surface area contributed by atoms with E-state index in [1.165, 1.54) is 11.3 Å². The van der Waals surface area contributed by atoms with Crippen molar-refractivity contribution in [1.29, 1.82) is 0 Å². The zero-order chi connectivity index (χ0) is 18.7. The number of carbonyl (C=O) groups excluding carboxylic acids is 2. The number of amides is 2. The second-order valence-corrected chi connectivity index (χ2v) is 7.38. The number of rotatable bonds is 5. The average Bonchev–Trinajstić information content (AvgIpc) is 2.98. The number of hydrogen-bond donors (Lipinski definition) is 2. The number of aryl methyl sites for hydroxylation is 1. The van der Waals surface area contributed by atoms with Crippen molar-refractivity contribution < 1.29 is 9.59 Å². The zero-order valence-corrected chi connectivity index (χ0v) is 16.1. The van der Waals surface area contributed by atoms with E-state index >= 15 is 0 Å². The van der Waals surface area contributed by atoms with Crippen LogP contribution in [-0.2, 0) is 0 Å². The van der Waals surface area contributed by atoms with Crippen molar-refractivity contribution >= 4 is 50.5 Å². The number of thiophene rings is 1. The molecule has 0 radical (unpaired) electrons. The number of fused-ring (bicyclic) bond motifs is 1. The van der Waals surface area contributed by atoms with E-state index in [1.54, 1.807) is 24.3 Å². The van der Waals surface area contributed by atoms with Crippen molar-refractivity contribution in [2.45, 2.75) is 20.3 Å². The number of halogens is 1. The van der Waals surface area contributed by atoms with Crippen LogP contribution in [0.5, 0.6) is 0 Å². The van der Waals surface area contributed by atoms with Crippen LogP contribution in [0.2, 0.25) is 5.02 Å². The average molecular weight is 387 g/mol. The van der Waals surface area contributed by atoms with E-state index in [4.69, 9.17) is 11.6 Å². The van der Waals surface area contributed by atoms with Crippen LogP contribution in [0.15, 0.2) is 42.5 Å². The first kappa shape index (κ1) is 18.4. The minimum Gasteiger partial charge on any atom is -0.352 e. The number of para-hydroxylation sites is 1. The summed E-state index contributed by atoms with van der Waals surface area (Å²) >= 11 is 7.81. The molecule has 0 fully saturated rings. The van der Waals surface area contributed by atoms with E-state index in [2.05, 4.69) is 10.6 Å². The largest absolute Gasteiger partial charge is 0.352 e. The summed E-state index contributed by atoms with van der Waals surface area (Å²) in [5.74, 6) is -0.521. The van der Waals surface area contributed by atoms with Crippen molar-refractivity contribution in [3.63, 3.8) is 0 Å². The quantitative estimate of drug-likeness (QED) is 0.628. The van der Waals surface area contributed by atoms with Crippen molar-refractivity contribution in [2.75, 3.05) is 11.9 Å². The topological polar surface area (TPSA) is 58.2 Å². The van der Waals surface area contributed by atoms with E-state index in [0.717, 1.165) is 22.1 Å². The molecule has 2 aromatic carbocycles. The van der Waals surface area contributed by atoms with E-state index in [-0.39, 0.29) is 11.8 Å². The molecule has 0 saturated carbocycles. The van der Waals surface area contributed by atoms with E-state index in [0.29, 0.717) is 27.7 Å². The number of benzene rings is 2. The summed E-state index contributed by atoms with van der Waals surface area (Å²) < 4.78 is 0.967. The maximum Gasteiger partial charge on any atom is 0.267 e. The molecule has 0 saturated heterocycles. The van der Waals surface area contributed by atoms with Crippen molar-refractivity contribution in [3.05, 3.63) is 63.5 Å². The third-order valence-electron chi connectivity index (χ3n) is 4.03. The van der Waals surface area contributed by atoms with Crippen LogP contribution in [-0.4, -0.2) is 18.4 Å². The lowest BCUT2D eigenvalue weighted by Gasteiger charge is -2.10. The van der Waals surface area contributed by atoms with Gasteiger partial charge in [0.1, 0.15) is 4.88 Å². The van der Waals surface area contributed by atoms with Gasteiger partial charge in [0.2, 0.25) is 0 Å². The number of hydrogen-bond acceptors (Lipinski definition) is 3. The summed E-state index contributed by atoms with van der Waals surface area (Å²) in [4.78, 5) is 25.5. The molecule has 2 N–H and O–H groups in total. The Bertz CT molecular complexity index is 981. The Hall–Kier alpha value is -2.37. The fourth-order valence-corrected chi connectivity index (χ4v) is 4.30. The predicted molar refractivity (Wildman–Crippen MR) is 109 cm³/mol. The smallest absolute Gasteiger partial charge is 0.267 e. The van der Waals surface area contributed by atoms with Gasteiger partial charge < -0.3 is 10.6 Å². The lowest BCUT2D eigenvalue weighted by atomic mass is 10.1. The number of carbonyl (C=O) groups is 2. The molecule has 0 aliphatic carbocycles. The van der Waals surface area contributed by atoms with Crippen LogP contribution in [0, 0.1) is 6.92 Å². The fourth-order valence-electron chi connectivity index (χ4n) is 2.72. The maximum atomic E-state index is 12.8. The molecule has 1 heterocycles. The van der Waals surface area contributed by atoms with Crippen LogP contribution in [0.3, 0.4) is 0 Å². The van der Waals surface area contributed by atoms with Gasteiger partial charge in [0.15, 0.2) is 0 Å². The van der Waals surface area contributed by atoms with Crippen molar-refractivity contribution in [3.8, 4) is 0 Å². The Morgan fingerprint density at radius 1 is 1.08 bits per heavy atom. The molecule has 3 aromatic rings. The van der Waals surface area contributed by atoms with Crippen LogP contribution in [0.25, 0.3) is 10.1 Å². The van der Waals surface area contributed by atoms with Gasteiger partial charge in [-0.3, -0.25) is 9.59 Å². The maximum absolute atomic E-state index is 12.8. The number of anilines is 1. The van der Waals surface area contributed by atoms with E-state index < -0.39 is 0 Å². The molecule has 0 bridgehead atoms. The van der Waals surface area contributed by atoms with Crippen molar-refractivity contribution in [1.82, 2.24) is 5.32 Å². The third-order valence-corrected chi connectivity index (χ3v) is 5.67. The SMILES string of the molecule is CCCNC(=O)c1ccccc1NC(=O)c1sc2cccc(C)c2c1Cl. The van der Waals surface area contributed by atoms with Gasteiger partial charge in [0.05, 0.1) is 16.3 Å². The van der Waals surface area contributed by atoms with Gasteiger partial charge in [-0.05, 0) is 37.1 Å². The Balaban J connectivity index is 1.91. The first-order valence-corrected chi connectivity index (χ1v) is 9.58. The molecule has 134 valence electrons. The van der Waals surface area contributed by atoms with Gasteiger partial charge in [-0.1, -0.05) is 42.8 Å². The molecule has 1 aromatic heterocycles. The zero-order valence-electron chi connectivity index (χ0n) is 14.6. The van der Waals surface area contributed by atoms with Gasteiger partial charge in [0, 0.05) is 16.6 Å². The van der Waals surface area contributed by atoms with Crippen molar-refractivity contribution in [2.24, 2.45) is 0 Å². The van der Waals surface area contributed by atoms with Gasteiger partial charge in [-0.2, -0.15) is 0 Å². The normalized spacial score (nSPS) is 10.7. The summed E-state index contributed by atoms with van der Waals surface area (Å²) in [5, 5.41) is 7.01. The van der Waals surface area contributed by atoms with Crippen LogP contribution < -0.4 is 10.6 Å². The fraction of sp³-hybridized carbons (Fsp3) is 0.200. The first-order valence-electron chi connectivity index (χ1n) is 8.39. The second-order valence-electron chi connectivity index (χ2n) is 5.95. The highest BCUT2D eigenvalue weighted by atomic mass is 35.5. The molecule has 3 rings (SSSR count). The van der Waals surface area contributed by atoms with Crippen LogP contribution in [0.4, 0.5) is 5.69 Å². The Morgan fingerprint density at radius 3 is 2.58 bits per heavy atom. The molecule has 26 heavy (non-hydrogen) atoms. The molecule has 0 unspecified atom stereocenters. The van der Waals surface area contributed by atoms with E-state index in [9.17, 15) is 9.59 Å². The molecular formula is C20H19ClN2O2S. The summed E-state index contributed by atoms with van der Waals surface area (Å²) in [6.07, 6.45) is 0.844. The molecule has 4 nitrogen and oxygen atoms in total. The van der Waals surface area contributed by atoms with Crippen LogP contribution in [0.1, 0.15) is 38.9 Å². The molecule has 0 spiro atoms. The highest BCUT2D eigenvalue weighted by Crippen LogP contribution is 2.37. The molecule has 6 heteroatoms. The Labute approximate surface area is 161 Å². The Morgan fingerprint density at radius 2 is 1.85 bits per heavy atom. The summed E-state index contributed by atoms with van der Waals surface area (Å²) in [7, 11) is 0. The van der Waals surface area contributed by atoms with Gasteiger partial charge in [0.25, 0.3) is 11.8 Å². The molecule has 0 aliphatic rings. The number of nitrogens with one attached hydrogen (secondary N) is 2. The van der Waals surface area contributed by atoms with Gasteiger partial charge in [-0.25, -0.2) is 0 Å². The second kappa shape index (κ2) is 7.89.